The standard InChI is InChI=1S/C21H19N3O2/c1-2-14-11-20(25)23-18-12-16(7-8-17(14)18)22-21(26)13-24-10-9-15-5-3-4-6-19(15)24/h3-12H,2,13H2,1H3,(H,22,26)(H,23,25). The first-order valence-corrected chi connectivity index (χ1v) is 8.64. The Kier molecular flexibility index (Phi) is 4.05. The van der Waals surface area contributed by atoms with Crippen LogP contribution in [-0.2, 0) is 17.8 Å². The summed E-state index contributed by atoms with van der Waals surface area (Å²) < 4.78 is 1.92. The maximum atomic E-state index is 12.4. The Morgan fingerprint density at radius 3 is 2.81 bits per heavy atom. The Bertz CT molecular complexity index is 1170. The number of anilines is 1. The lowest BCUT2D eigenvalue weighted by Crippen LogP contribution is -2.18. The van der Waals surface area contributed by atoms with Gasteiger partial charge in [-0.2, -0.15) is 0 Å². The Morgan fingerprint density at radius 2 is 1.96 bits per heavy atom. The maximum absolute atomic E-state index is 12.4. The lowest BCUT2D eigenvalue weighted by molar-refractivity contribution is -0.116. The number of aromatic amines is 1. The molecule has 0 aliphatic carbocycles. The van der Waals surface area contributed by atoms with E-state index in [1.54, 1.807) is 6.07 Å². The van der Waals surface area contributed by atoms with Crippen LogP contribution in [-0.4, -0.2) is 15.5 Å². The van der Waals surface area contributed by atoms with Crippen molar-refractivity contribution in [2.45, 2.75) is 19.9 Å². The molecule has 0 saturated carbocycles. The van der Waals surface area contributed by atoms with Crippen molar-refractivity contribution in [3.8, 4) is 0 Å². The Balaban J connectivity index is 1.58. The van der Waals surface area contributed by atoms with Crippen molar-refractivity contribution in [2.75, 3.05) is 5.32 Å². The van der Waals surface area contributed by atoms with Gasteiger partial charge < -0.3 is 14.9 Å². The zero-order chi connectivity index (χ0) is 18.1. The third-order valence-corrected chi connectivity index (χ3v) is 4.59. The van der Waals surface area contributed by atoms with Gasteiger partial charge in [0.25, 0.3) is 0 Å². The number of carbonyl (C=O) groups is 1. The van der Waals surface area contributed by atoms with E-state index in [0.29, 0.717) is 5.69 Å². The van der Waals surface area contributed by atoms with Gasteiger partial charge in [-0.1, -0.05) is 31.2 Å². The van der Waals surface area contributed by atoms with Gasteiger partial charge in [0.15, 0.2) is 0 Å². The molecule has 1 amide bonds. The molecule has 2 aromatic heterocycles. The third kappa shape index (κ3) is 2.99. The van der Waals surface area contributed by atoms with Crippen molar-refractivity contribution in [3.05, 3.63) is 76.7 Å². The number of para-hydroxylation sites is 1. The summed E-state index contributed by atoms with van der Waals surface area (Å²) >= 11 is 0. The quantitative estimate of drug-likeness (QED) is 0.592. The first-order valence-electron chi connectivity index (χ1n) is 8.64. The van der Waals surface area contributed by atoms with Crippen LogP contribution in [0.25, 0.3) is 21.8 Å². The van der Waals surface area contributed by atoms with Gasteiger partial charge in [0.2, 0.25) is 11.5 Å². The smallest absolute Gasteiger partial charge is 0.248 e. The normalized spacial score (nSPS) is 11.1. The van der Waals surface area contributed by atoms with Gasteiger partial charge in [-0.15, -0.1) is 0 Å². The fourth-order valence-corrected chi connectivity index (χ4v) is 3.34. The Labute approximate surface area is 150 Å². The number of aryl methyl sites for hydroxylation is 1. The number of carbonyl (C=O) groups excluding carboxylic acids is 1. The molecule has 2 aromatic carbocycles. The lowest BCUT2D eigenvalue weighted by Gasteiger charge is -2.10. The predicted octanol–water partition coefficient (Wildman–Crippen LogP) is 3.68. The van der Waals surface area contributed by atoms with E-state index in [0.717, 1.165) is 33.8 Å². The first kappa shape index (κ1) is 16.1. The number of amides is 1. The number of pyridine rings is 1. The van der Waals surface area contributed by atoms with Crippen molar-refractivity contribution >= 4 is 33.4 Å². The summed E-state index contributed by atoms with van der Waals surface area (Å²) in [6.07, 6.45) is 2.70. The Hall–Kier alpha value is -3.34. The number of fused-ring (bicyclic) bond motifs is 2. The van der Waals surface area contributed by atoms with Crippen LogP contribution >= 0.6 is 0 Å². The predicted molar refractivity (Wildman–Crippen MR) is 105 cm³/mol. The molecule has 2 N–H and O–H groups in total. The minimum Gasteiger partial charge on any atom is -0.338 e. The average Bonchev–Trinajstić information content (AvgIpc) is 3.03. The van der Waals surface area contributed by atoms with Gasteiger partial charge in [0, 0.05) is 28.9 Å². The van der Waals surface area contributed by atoms with Crippen molar-refractivity contribution in [1.29, 1.82) is 0 Å². The van der Waals surface area contributed by atoms with Gasteiger partial charge in [0.05, 0.1) is 5.52 Å². The van der Waals surface area contributed by atoms with Crippen molar-refractivity contribution in [2.24, 2.45) is 0 Å². The molecule has 0 radical (unpaired) electrons. The summed E-state index contributed by atoms with van der Waals surface area (Å²) in [5.74, 6) is -0.111. The number of hydrogen-bond acceptors (Lipinski definition) is 2. The fraction of sp³-hybridized carbons (Fsp3) is 0.143. The summed E-state index contributed by atoms with van der Waals surface area (Å²) in [6.45, 7) is 2.25. The zero-order valence-electron chi connectivity index (χ0n) is 14.5. The van der Waals surface area contributed by atoms with E-state index < -0.39 is 0 Å². The molecule has 2 heterocycles. The molecule has 5 heteroatoms. The summed E-state index contributed by atoms with van der Waals surface area (Å²) in [4.78, 5) is 27.1. The Morgan fingerprint density at radius 1 is 1.12 bits per heavy atom. The summed E-state index contributed by atoms with van der Waals surface area (Å²) in [6, 6.07) is 17.2. The number of nitrogens with one attached hydrogen (secondary N) is 2. The van der Waals surface area contributed by atoms with Crippen LogP contribution < -0.4 is 10.9 Å². The molecule has 0 fully saturated rings. The van der Waals surface area contributed by atoms with Crippen molar-refractivity contribution in [1.82, 2.24) is 9.55 Å². The molecular weight excluding hydrogens is 326 g/mol. The highest BCUT2D eigenvalue weighted by Gasteiger charge is 2.08. The van der Waals surface area contributed by atoms with E-state index in [2.05, 4.69) is 10.3 Å². The van der Waals surface area contributed by atoms with E-state index in [9.17, 15) is 9.59 Å². The van der Waals surface area contributed by atoms with Crippen LogP contribution in [0.15, 0.2) is 65.6 Å². The largest absolute Gasteiger partial charge is 0.338 e. The molecule has 0 bridgehead atoms. The number of H-pyrrole nitrogens is 1. The van der Waals surface area contributed by atoms with Crippen LogP contribution in [0.2, 0.25) is 0 Å². The molecule has 0 aliphatic rings. The van der Waals surface area contributed by atoms with Gasteiger partial charge in [0.1, 0.15) is 6.54 Å². The van der Waals surface area contributed by atoms with E-state index >= 15 is 0 Å². The second kappa shape index (κ2) is 6.52. The molecule has 0 unspecified atom stereocenters. The highest BCUT2D eigenvalue weighted by molar-refractivity contribution is 5.94. The third-order valence-electron chi connectivity index (χ3n) is 4.59. The van der Waals surface area contributed by atoms with Gasteiger partial charge in [-0.25, -0.2) is 0 Å². The topological polar surface area (TPSA) is 66.9 Å². The van der Waals surface area contributed by atoms with E-state index in [4.69, 9.17) is 0 Å². The van der Waals surface area contributed by atoms with Crippen LogP contribution in [0, 0.1) is 0 Å². The molecule has 0 spiro atoms. The lowest BCUT2D eigenvalue weighted by atomic mass is 10.1. The maximum Gasteiger partial charge on any atom is 0.248 e. The molecule has 0 atom stereocenters. The highest BCUT2D eigenvalue weighted by atomic mass is 16.2. The minimum atomic E-state index is -0.128. The van der Waals surface area contributed by atoms with Gasteiger partial charge in [-0.05, 0) is 41.6 Å². The molecule has 4 rings (SSSR count). The number of hydrogen-bond donors (Lipinski definition) is 2. The van der Waals surface area contributed by atoms with Crippen molar-refractivity contribution < 1.29 is 4.79 Å². The van der Waals surface area contributed by atoms with E-state index in [-0.39, 0.29) is 18.0 Å². The summed E-state index contributed by atoms with van der Waals surface area (Å²) in [5.41, 5.74) is 3.30. The molecule has 26 heavy (non-hydrogen) atoms. The van der Waals surface area contributed by atoms with E-state index in [1.165, 1.54) is 0 Å². The number of nitrogens with zero attached hydrogens (tertiary/aromatic N) is 1. The SMILES string of the molecule is CCc1cc(=O)[nH]c2cc(NC(=O)Cn3ccc4ccccc43)ccc12. The number of aromatic nitrogens is 2. The zero-order valence-corrected chi connectivity index (χ0v) is 14.5. The summed E-state index contributed by atoms with van der Waals surface area (Å²) in [7, 11) is 0. The molecular formula is C21H19N3O2. The molecule has 130 valence electrons. The second-order valence-electron chi connectivity index (χ2n) is 6.32. The van der Waals surface area contributed by atoms with Crippen LogP contribution in [0.3, 0.4) is 0 Å². The second-order valence-corrected chi connectivity index (χ2v) is 6.32. The van der Waals surface area contributed by atoms with E-state index in [1.807, 2.05) is 66.2 Å². The first-order chi connectivity index (χ1) is 12.6. The van der Waals surface area contributed by atoms with Crippen LogP contribution in [0.4, 0.5) is 5.69 Å². The molecule has 5 nitrogen and oxygen atoms in total. The average molecular weight is 345 g/mol. The monoisotopic (exact) mass is 345 g/mol. The molecule has 4 aromatic rings. The van der Waals surface area contributed by atoms with Crippen molar-refractivity contribution in [3.63, 3.8) is 0 Å². The highest BCUT2D eigenvalue weighted by Crippen LogP contribution is 2.20. The minimum absolute atomic E-state index is 0.111. The van der Waals surface area contributed by atoms with Crippen LogP contribution in [0.5, 0.6) is 0 Å². The number of rotatable bonds is 4. The van der Waals surface area contributed by atoms with Crippen LogP contribution in [0.1, 0.15) is 12.5 Å². The molecule has 0 aliphatic heterocycles. The number of benzene rings is 2. The van der Waals surface area contributed by atoms with Gasteiger partial charge >= 0.3 is 0 Å². The fourth-order valence-electron chi connectivity index (χ4n) is 3.34. The van der Waals surface area contributed by atoms with Gasteiger partial charge in [-0.3, -0.25) is 9.59 Å². The molecule has 0 saturated heterocycles. The summed E-state index contributed by atoms with van der Waals surface area (Å²) in [5, 5.41) is 5.02.